The lowest BCUT2D eigenvalue weighted by Crippen LogP contribution is -2.56. The highest BCUT2D eigenvalue weighted by Gasteiger charge is 2.35. The van der Waals surface area contributed by atoms with E-state index in [0.29, 0.717) is 12.1 Å². The van der Waals surface area contributed by atoms with Crippen LogP contribution < -0.4 is 10.9 Å². The Kier molecular flexibility index (Phi) is 3.15. The van der Waals surface area contributed by atoms with Gasteiger partial charge in [-0.1, -0.05) is 6.07 Å². The summed E-state index contributed by atoms with van der Waals surface area (Å²) in [4.78, 5) is 17.1. The molecule has 2 unspecified atom stereocenters. The minimum Gasteiger partial charge on any atom is -0.326 e. The molecule has 0 saturated carbocycles. The standard InChI is InChI=1S/C16H23N3O/c20-16-5-4-12-13(2-1-3-14(12)18-16)17-15-10-19-8-6-11(15)7-9-19/h4-5,11,13,15,17H,1-3,6-10H2,(H,18,20). The summed E-state index contributed by atoms with van der Waals surface area (Å²) in [6, 6.07) is 4.78. The predicted molar refractivity (Wildman–Crippen MR) is 78.8 cm³/mol. The highest BCUT2D eigenvalue weighted by Crippen LogP contribution is 2.32. The second kappa shape index (κ2) is 5.01. The highest BCUT2D eigenvalue weighted by atomic mass is 16.1. The summed E-state index contributed by atoms with van der Waals surface area (Å²) in [5.41, 5.74) is 2.52. The average molecular weight is 273 g/mol. The molecule has 3 saturated heterocycles. The highest BCUT2D eigenvalue weighted by molar-refractivity contribution is 5.26. The normalized spacial score (nSPS) is 35.8. The first-order valence-electron chi connectivity index (χ1n) is 8.00. The Bertz CT molecular complexity index is 545. The van der Waals surface area contributed by atoms with Crippen molar-refractivity contribution >= 4 is 0 Å². The molecule has 108 valence electrons. The maximum Gasteiger partial charge on any atom is 0.248 e. The minimum absolute atomic E-state index is 0.0345. The van der Waals surface area contributed by atoms with Crippen molar-refractivity contribution in [3.63, 3.8) is 0 Å². The SMILES string of the molecule is O=c1ccc2c([nH]1)CCCC2NC1CN2CCC1CC2. The molecular weight excluding hydrogens is 250 g/mol. The molecule has 4 aliphatic rings. The molecule has 0 aromatic carbocycles. The van der Waals surface area contributed by atoms with Crippen molar-refractivity contribution in [2.24, 2.45) is 5.92 Å². The van der Waals surface area contributed by atoms with Crippen LogP contribution in [-0.2, 0) is 6.42 Å². The smallest absolute Gasteiger partial charge is 0.248 e. The number of aromatic amines is 1. The molecule has 5 rings (SSSR count). The van der Waals surface area contributed by atoms with Crippen LogP contribution in [0.15, 0.2) is 16.9 Å². The number of hydrogen-bond donors (Lipinski definition) is 2. The Morgan fingerprint density at radius 2 is 2.05 bits per heavy atom. The van der Waals surface area contributed by atoms with Crippen molar-refractivity contribution in [2.75, 3.05) is 19.6 Å². The van der Waals surface area contributed by atoms with E-state index in [2.05, 4.69) is 15.2 Å². The fraction of sp³-hybridized carbons (Fsp3) is 0.688. The van der Waals surface area contributed by atoms with Gasteiger partial charge in [0, 0.05) is 30.4 Å². The third kappa shape index (κ3) is 2.21. The Morgan fingerprint density at radius 3 is 2.80 bits per heavy atom. The summed E-state index contributed by atoms with van der Waals surface area (Å²) in [7, 11) is 0. The molecule has 1 aliphatic carbocycles. The number of rotatable bonds is 2. The van der Waals surface area contributed by atoms with Crippen LogP contribution in [0.2, 0.25) is 0 Å². The third-order valence-electron chi connectivity index (χ3n) is 5.40. The van der Waals surface area contributed by atoms with Gasteiger partial charge in [0.25, 0.3) is 0 Å². The maximum absolute atomic E-state index is 11.5. The fourth-order valence-electron chi connectivity index (χ4n) is 4.29. The van der Waals surface area contributed by atoms with Gasteiger partial charge in [-0.3, -0.25) is 4.79 Å². The number of piperidine rings is 3. The molecule has 0 amide bonds. The zero-order chi connectivity index (χ0) is 13.5. The molecule has 2 atom stereocenters. The van der Waals surface area contributed by atoms with Crippen LogP contribution in [0, 0.1) is 5.92 Å². The van der Waals surface area contributed by atoms with E-state index < -0.39 is 0 Å². The molecule has 1 aromatic heterocycles. The summed E-state index contributed by atoms with van der Waals surface area (Å²) < 4.78 is 0. The van der Waals surface area contributed by atoms with Gasteiger partial charge in [-0.2, -0.15) is 0 Å². The quantitative estimate of drug-likeness (QED) is 0.857. The summed E-state index contributed by atoms with van der Waals surface area (Å²) in [5.74, 6) is 0.855. The molecular formula is C16H23N3O. The van der Waals surface area contributed by atoms with Crippen molar-refractivity contribution in [3.8, 4) is 0 Å². The van der Waals surface area contributed by atoms with Crippen LogP contribution in [-0.4, -0.2) is 35.6 Å². The summed E-state index contributed by atoms with van der Waals surface area (Å²) in [6.45, 7) is 3.79. The number of aromatic nitrogens is 1. The van der Waals surface area contributed by atoms with Crippen molar-refractivity contribution in [1.29, 1.82) is 0 Å². The Balaban J connectivity index is 1.54. The van der Waals surface area contributed by atoms with Gasteiger partial charge >= 0.3 is 0 Å². The molecule has 2 N–H and O–H groups in total. The van der Waals surface area contributed by atoms with Gasteiger partial charge < -0.3 is 15.2 Å². The van der Waals surface area contributed by atoms with E-state index in [4.69, 9.17) is 0 Å². The summed E-state index contributed by atoms with van der Waals surface area (Å²) >= 11 is 0. The number of aryl methyl sites for hydroxylation is 1. The zero-order valence-corrected chi connectivity index (χ0v) is 11.9. The lowest BCUT2D eigenvalue weighted by molar-refractivity contribution is 0.0656. The molecule has 20 heavy (non-hydrogen) atoms. The van der Waals surface area contributed by atoms with E-state index in [0.717, 1.165) is 18.0 Å². The largest absolute Gasteiger partial charge is 0.326 e. The van der Waals surface area contributed by atoms with Crippen molar-refractivity contribution < 1.29 is 0 Å². The molecule has 3 fully saturated rings. The molecule has 4 nitrogen and oxygen atoms in total. The van der Waals surface area contributed by atoms with Gasteiger partial charge in [0.1, 0.15) is 0 Å². The zero-order valence-electron chi connectivity index (χ0n) is 11.9. The van der Waals surface area contributed by atoms with Crippen LogP contribution in [0.25, 0.3) is 0 Å². The lowest BCUT2D eigenvalue weighted by atomic mass is 9.82. The fourth-order valence-corrected chi connectivity index (χ4v) is 4.29. The van der Waals surface area contributed by atoms with E-state index in [1.807, 2.05) is 6.07 Å². The second-order valence-corrected chi connectivity index (χ2v) is 6.61. The number of hydrogen-bond acceptors (Lipinski definition) is 3. The van der Waals surface area contributed by atoms with Gasteiger partial charge in [0.05, 0.1) is 0 Å². The van der Waals surface area contributed by atoms with Crippen molar-refractivity contribution in [2.45, 2.75) is 44.2 Å². The molecule has 4 heterocycles. The van der Waals surface area contributed by atoms with Gasteiger partial charge in [-0.05, 0) is 56.7 Å². The average Bonchev–Trinajstić information content (AvgIpc) is 2.48. The van der Waals surface area contributed by atoms with Crippen LogP contribution >= 0.6 is 0 Å². The Morgan fingerprint density at radius 1 is 1.20 bits per heavy atom. The first-order chi connectivity index (χ1) is 9.79. The number of nitrogens with zero attached hydrogens (tertiary/aromatic N) is 1. The summed E-state index contributed by atoms with van der Waals surface area (Å²) in [5, 5.41) is 3.90. The monoisotopic (exact) mass is 273 g/mol. The van der Waals surface area contributed by atoms with Crippen LogP contribution in [0.3, 0.4) is 0 Å². The van der Waals surface area contributed by atoms with E-state index >= 15 is 0 Å². The summed E-state index contributed by atoms with van der Waals surface area (Å²) in [6.07, 6.45) is 6.09. The van der Waals surface area contributed by atoms with Crippen molar-refractivity contribution in [3.05, 3.63) is 33.7 Å². The van der Waals surface area contributed by atoms with Crippen molar-refractivity contribution in [1.82, 2.24) is 15.2 Å². The third-order valence-corrected chi connectivity index (χ3v) is 5.40. The number of nitrogens with one attached hydrogen (secondary N) is 2. The molecule has 3 aliphatic heterocycles. The number of H-pyrrole nitrogens is 1. The minimum atomic E-state index is 0.0345. The van der Waals surface area contributed by atoms with Crippen LogP contribution in [0.4, 0.5) is 0 Å². The lowest BCUT2D eigenvalue weighted by Gasteiger charge is -2.46. The van der Waals surface area contributed by atoms with Gasteiger partial charge in [-0.15, -0.1) is 0 Å². The molecule has 2 bridgehead atoms. The first-order valence-corrected chi connectivity index (χ1v) is 8.00. The van der Waals surface area contributed by atoms with Gasteiger partial charge in [-0.25, -0.2) is 0 Å². The Hall–Kier alpha value is -1.13. The van der Waals surface area contributed by atoms with Crippen LogP contribution in [0.5, 0.6) is 0 Å². The van der Waals surface area contributed by atoms with Gasteiger partial charge in [0.2, 0.25) is 5.56 Å². The number of pyridine rings is 1. The maximum atomic E-state index is 11.5. The predicted octanol–water partition coefficient (Wildman–Crippen LogP) is 1.44. The van der Waals surface area contributed by atoms with E-state index in [9.17, 15) is 4.79 Å². The van der Waals surface area contributed by atoms with Crippen LogP contribution in [0.1, 0.15) is 43.0 Å². The molecule has 4 heteroatoms. The number of fused-ring (bicyclic) bond motifs is 4. The topological polar surface area (TPSA) is 48.1 Å². The first kappa shape index (κ1) is 12.6. The molecule has 0 radical (unpaired) electrons. The van der Waals surface area contributed by atoms with E-state index in [-0.39, 0.29) is 5.56 Å². The molecule has 0 spiro atoms. The van der Waals surface area contributed by atoms with E-state index in [1.165, 1.54) is 50.9 Å². The molecule has 1 aromatic rings. The van der Waals surface area contributed by atoms with Gasteiger partial charge in [0.15, 0.2) is 0 Å². The Labute approximate surface area is 119 Å². The second-order valence-electron chi connectivity index (χ2n) is 6.61. The van der Waals surface area contributed by atoms with E-state index in [1.54, 1.807) is 6.07 Å².